The SMILES string of the molecule is COc1ccc2c(c1-c1cc(C(=O)O)on1)CCCC2. The number of benzene rings is 1. The summed E-state index contributed by atoms with van der Waals surface area (Å²) in [6.07, 6.45) is 4.29. The summed E-state index contributed by atoms with van der Waals surface area (Å²) < 4.78 is 10.3. The zero-order valence-electron chi connectivity index (χ0n) is 11.2. The minimum absolute atomic E-state index is 0.157. The molecule has 0 aliphatic heterocycles. The van der Waals surface area contributed by atoms with Crippen LogP contribution in [-0.4, -0.2) is 23.3 Å². The Balaban J connectivity index is 2.17. The van der Waals surface area contributed by atoms with Gasteiger partial charge < -0.3 is 14.4 Å². The summed E-state index contributed by atoms with van der Waals surface area (Å²) in [4.78, 5) is 10.9. The average Bonchev–Trinajstić information content (AvgIpc) is 2.95. The zero-order valence-corrected chi connectivity index (χ0v) is 11.2. The van der Waals surface area contributed by atoms with Gasteiger partial charge in [0, 0.05) is 11.6 Å². The van der Waals surface area contributed by atoms with Crippen molar-refractivity contribution in [2.24, 2.45) is 0 Å². The first-order chi connectivity index (χ1) is 9.70. The van der Waals surface area contributed by atoms with Gasteiger partial charge in [0.1, 0.15) is 11.4 Å². The number of carboxylic acids is 1. The quantitative estimate of drug-likeness (QED) is 0.930. The number of carbonyl (C=O) groups is 1. The smallest absolute Gasteiger partial charge is 0.374 e. The van der Waals surface area contributed by atoms with Crippen molar-refractivity contribution in [1.29, 1.82) is 0 Å². The molecule has 1 aromatic carbocycles. The molecule has 20 heavy (non-hydrogen) atoms. The molecular weight excluding hydrogens is 258 g/mol. The van der Waals surface area contributed by atoms with Gasteiger partial charge in [-0.15, -0.1) is 0 Å². The number of methoxy groups -OCH3 is 1. The number of aromatic carboxylic acids is 1. The van der Waals surface area contributed by atoms with Crippen molar-refractivity contribution in [2.75, 3.05) is 7.11 Å². The summed E-state index contributed by atoms with van der Waals surface area (Å²) in [6.45, 7) is 0. The van der Waals surface area contributed by atoms with E-state index in [1.807, 2.05) is 6.07 Å². The molecule has 0 radical (unpaired) electrons. The molecule has 1 heterocycles. The van der Waals surface area contributed by atoms with Crippen LogP contribution in [0.15, 0.2) is 22.7 Å². The third-order valence-corrected chi connectivity index (χ3v) is 3.69. The van der Waals surface area contributed by atoms with Crippen LogP contribution in [0.1, 0.15) is 34.5 Å². The number of aryl methyl sites for hydroxylation is 1. The van der Waals surface area contributed by atoms with Crippen LogP contribution >= 0.6 is 0 Å². The van der Waals surface area contributed by atoms with Gasteiger partial charge in [0.25, 0.3) is 0 Å². The molecule has 5 heteroatoms. The number of carboxylic acid groups (broad SMARTS) is 1. The first kappa shape index (κ1) is 12.7. The molecule has 5 nitrogen and oxygen atoms in total. The van der Waals surface area contributed by atoms with E-state index < -0.39 is 5.97 Å². The maximum atomic E-state index is 10.9. The number of rotatable bonds is 3. The molecule has 104 valence electrons. The second-order valence-electron chi connectivity index (χ2n) is 4.87. The van der Waals surface area contributed by atoms with Crippen LogP contribution in [0.25, 0.3) is 11.3 Å². The van der Waals surface area contributed by atoms with E-state index in [9.17, 15) is 4.79 Å². The second-order valence-corrected chi connectivity index (χ2v) is 4.87. The predicted octanol–water partition coefficient (Wildman–Crippen LogP) is 2.93. The Hall–Kier alpha value is -2.30. The highest BCUT2D eigenvalue weighted by atomic mass is 16.5. The molecule has 0 spiro atoms. The van der Waals surface area contributed by atoms with E-state index in [0.717, 1.165) is 24.8 Å². The van der Waals surface area contributed by atoms with E-state index in [2.05, 4.69) is 11.2 Å². The Bertz CT molecular complexity index is 660. The van der Waals surface area contributed by atoms with Crippen LogP contribution in [0.3, 0.4) is 0 Å². The Morgan fingerprint density at radius 2 is 2.15 bits per heavy atom. The van der Waals surface area contributed by atoms with E-state index in [1.54, 1.807) is 7.11 Å². The van der Waals surface area contributed by atoms with Crippen molar-refractivity contribution in [3.63, 3.8) is 0 Å². The standard InChI is InChI=1S/C15H15NO4/c1-19-12-7-6-9-4-2-3-5-10(9)14(12)11-8-13(15(17)18)20-16-11/h6-8H,2-5H2,1H3,(H,17,18). The maximum Gasteiger partial charge on any atom is 0.374 e. The maximum absolute atomic E-state index is 10.9. The Labute approximate surface area is 116 Å². The molecule has 0 fully saturated rings. The number of aromatic nitrogens is 1. The molecule has 0 bridgehead atoms. The van der Waals surface area contributed by atoms with Gasteiger partial charge in [-0.3, -0.25) is 0 Å². The van der Waals surface area contributed by atoms with Crippen molar-refractivity contribution >= 4 is 5.97 Å². The molecule has 1 N–H and O–H groups in total. The van der Waals surface area contributed by atoms with E-state index in [0.29, 0.717) is 11.4 Å². The predicted molar refractivity (Wildman–Crippen MR) is 72.1 cm³/mol. The fourth-order valence-corrected chi connectivity index (χ4v) is 2.75. The van der Waals surface area contributed by atoms with Gasteiger partial charge in [0.15, 0.2) is 0 Å². The van der Waals surface area contributed by atoms with E-state index in [-0.39, 0.29) is 5.76 Å². The topological polar surface area (TPSA) is 72.6 Å². The first-order valence-corrected chi connectivity index (χ1v) is 6.60. The minimum Gasteiger partial charge on any atom is -0.496 e. The summed E-state index contributed by atoms with van der Waals surface area (Å²) in [6, 6.07) is 5.44. The van der Waals surface area contributed by atoms with Crippen LogP contribution in [0, 0.1) is 0 Å². The van der Waals surface area contributed by atoms with E-state index in [4.69, 9.17) is 14.4 Å². The molecule has 3 rings (SSSR count). The monoisotopic (exact) mass is 273 g/mol. The molecule has 2 aromatic rings. The molecule has 0 unspecified atom stereocenters. The molecule has 0 atom stereocenters. The van der Waals surface area contributed by atoms with Gasteiger partial charge in [-0.1, -0.05) is 11.2 Å². The van der Waals surface area contributed by atoms with Crippen LogP contribution < -0.4 is 4.74 Å². The van der Waals surface area contributed by atoms with Crippen molar-refractivity contribution in [3.05, 3.63) is 35.1 Å². The number of hydrogen-bond acceptors (Lipinski definition) is 4. The van der Waals surface area contributed by atoms with Crippen LogP contribution in [0.4, 0.5) is 0 Å². The number of fused-ring (bicyclic) bond motifs is 1. The van der Waals surface area contributed by atoms with E-state index in [1.165, 1.54) is 23.6 Å². The second kappa shape index (κ2) is 5.00. The highest BCUT2D eigenvalue weighted by molar-refractivity contribution is 5.86. The van der Waals surface area contributed by atoms with Gasteiger partial charge in [0.2, 0.25) is 5.76 Å². The van der Waals surface area contributed by atoms with Crippen LogP contribution in [0.2, 0.25) is 0 Å². The van der Waals surface area contributed by atoms with Crippen LogP contribution in [0.5, 0.6) is 5.75 Å². The summed E-state index contributed by atoms with van der Waals surface area (Å²) in [7, 11) is 1.60. The lowest BCUT2D eigenvalue weighted by molar-refractivity contribution is 0.0652. The normalized spacial score (nSPS) is 13.8. The molecule has 1 aliphatic rings. The summed E-state index contributed by atoms with van der Waals surface area (Å²) >= 11 is 0. The largest absolute Gasteiger partial charge is 0.496 e. The molecule has 0 saturated heterocycles. The molecular formula is C15H15NO4. The fourth-order valence-electron chi connectivity index (χ4n) is 2.75. The molecule has 1 aliphatic carbocycles. The molecule has 0 saturated carbocycles. The summed E-state index contributed by atoms with van der Waals surface area (Å²) in [5, 5.41) is 12.8. The van der Waals surface area contributed by atoms with Crippen LogP contribution in [-0.2, 0) is 12.8 Å². The zero-order chi connectivity index (χ0) is 14.1. The number of ether oxygens (including phenoxy) is 1. The lowest BCUT2D eigenvalue weighted by Gasteiger charge is -2.20. The van der Waals surface area contributed by atoms with Crippen molar-refractivity contribution in [2.45, 2.75) is 25.7 Å². The van der Waals surface area contributed by atoms with Gasteiger partial charge in [0.05, 0.1) is 7.11 Å². The first-order valence-electron chi connectivity index (χ1n) is 6.60. The molecule has 1 aromatic heterocycles. The van der Waals surface area contributed by atoms with E-state index >= 15 is 0 Å². The lowest BCUT2D eigenvalue weighted by Crippen LogP contribution is -2.06. The minimum atomic E-state index is -1.12. The van der Waals surface area contributed by atoms with Crippen molar-refractivity contribution in [3.8, 4) is 17.0 Å². The Kier molecular flexibility index (Phi) is 3.18. The van der Waals surface area contributed by atoms with Gasteiger partial charge in [-0.2, -0.15) is 0 Å². The number of hydrogen-bond donors (Lipinski definition) is 1. The number of nitrogens with zero attached hydrogens (tertiary/aromatic N) is 1. The van der Waals surface area contributed by atoms with Gasteiger partial charge >= 0.3 is 5.97 Å². The molecule has 0 amide bonds. The van der Waals surface area contributed by atoms with Crippen molar-refractivity contribution in [1.82, 2.24) is 5.16 Å². The van der Waals surface area contributed by atoms with Gasteiger partial charge in [-0.25, -0.2) is 4.79 Å². The van der Waals surface area contributed by atoms with Gasteiger partial charge in [-0.05, 0) is 42.9 Å². The lowest BCUT2D eigenvalue weighted by atomic mass is 9.86. The summed E-state index contributed by atoms with van der Waals surface area (Å²) in [5.41, 5.74) is 3.87. The Morgan fingerprint density at radius 3 is 2.85 bits per heavy atom. The average molecular weight is 273 g/mol. The third-order valence-electron chi connectivity index (χ3n) is 3.69. The third kappa shape index (κ3) is 2.05. The summed E-state index contributed by atoms with van der Waals surface area (Å²) in [5.74, 6) is -0.570. The highest BCUT2D eigenvalue weighted by Gasteiger charge is 2.22. The van der Waals surface area contributed by atoms with Crippen molar-refractivity contribution < 1.29 is 19.2 Å². The Morgan fingerprint density at radius 1 is 1.35 bits per heavy atom. The fraction of sp³-hybridized carbons (Fsp3) is 0.333. The highest BCUT2D eigenvalue weighted by Crippen LogP contribution is 2.38.